The molecule has 13 heteroatoms. The zero-order valence-corrected chi connectivity index (χ0v) is 23.3. The zero-order chi connectivity index (χ0) is 30.2. The van der Waals surface area contributed by atoms with Gasteiger partial charge in [-0.05, 0) is 49.4 Å². The number of carboxylic acids is 2. The zero-order valence-electron chi connectivity index (χ0n) is 23.3. The van der Waals surface area contributed by atoms with E-state index in [1.807, 2.05) is 31.3 Å². The summed E-state index contributed by atoms with van der Waals surface area (Å²) in [5.41, 5.74) is 2.98. The van der Waals surface area contributed by atoms with E-state index < -0.39 is 11.9 Å². The summed E-state index contributed by atoms with van der Waals surface area (Å²) in [5, 5.41) is 29.6. The van der Waals surface area contributed by atoms with E-state index >= 15 is 0 Å². The fraction of sp³-hybridized carbons (Fsp3) is 0.357. The Labute approximate surface area is 237 Å². The minimum Gasteiger partial charge on any atom is -0.497 e. The lowest BCUT2D eigenvalue weighted by molar-refractivity contribution is -0.159. The first-order chi connectivity index (χ1) is 19.7. The van der Waals surface area contributed by atoms with Gasteiger partial charge < -0.3 is 34.8 Å². The Bertz CT molecular complexity index is 1260. The summed E-state index contributed by atoms with van der Waals surface area (Å²) < 4.78 is 18.5. The molecule has 1 amide bonds. The number of carboxylic acid groups (broad SMARTS) is 2. The summed E-state index contributed by atoms with van der Waals surface area (Å²) in [6.07, 6.45) is 1.74. The molecule has 1 aliphatic rings. The molecule has 13 nitrogen and oxygen atoms in total. The number of nitrogens with zero attached hydrogens (tertiary/aromatic N) is 3. The van der Waals surface area contributed by atoms with Gasteiger partial charge in [-0.15, -0.1) is 0 Å². The van der Waals surface area contributed by atoms with E-state index in [2.05, 4.69) is 15.3 Å². The van der Waals surface area contributed by atoms with E-state index in [1.165, 1.54) is 0 Å². The fourth-order valence-electron chi connectivity index (χ4n) is 3.65. The number of amides is 1. The summed E-state index contributed by atoms with van der Waals surface area (Å²) in [4.78, 5) is 33.3. The molecule has 1 aliphatic heterocycles. The van der Waals surface area contributed by atoms with Crippen molar-refractivity contribution >= 4 is 23.5 Å². The Morgan fingerprint density at radius 1 is 1.05 bits per heavy atom. The van der Waals surface area contributed by atoms with Crippen molar-refractivity contribution in [3.63, 3.8) is 0 Å². The molecular formula is C28H36N4O9. The first kappa shape index (κ1) is 32.8. The molecule has 0 spiro atoms. The number of aryl methyl sites for hydroxylation is 1. The van der Waals surface area contributed by atoms with Crippen LogP contribution >= 0.6 is 0 Å². The number of ether oxygens (including phenoxy) is 3. The quantitative estimate of drug-likeness (QED) is 0.292. The van der Waals surface area contributed by atoms with Gasteiger partial charge in [0.1, 0.15) is 18.1 Å². The molecule has 0 aliphatic carbocycles. The minimum atomic E-state index is -1.82. The molecule has 41 heavy (non-hydrogen) atoms. The molecule has 4 N–H and O–H groups in total. The van der Waals surface area contributed by atoms with Gasteiger partial charge in [-0.25, -0.2) is 9.59 Å². The van der Waals surface area contributed by atoms with Gasteiger partial charge in [0.25, 0.3) is 5.91 Å². The molecule has 0 atom stereocenters. The van der Waals surface area contributed by atoms with Gasteiger partial charge in [0, 0.05) is 56.3 Å². The van der Waals surface area contributed by atoms with Crippen molar-refractivity contribution in [2.75, 3.05) is 58.5 Å². The first-order valence-corrected chi connectivity index (χ1v) is 12.8. The Balaban J connectivity index is 0.000000572. The third kappa shape index (κ3) is 10.9. The first-order valence-electron chi connectivity index (χ1n) is 12.8. The number of carbonyl (C=O) groups is 3. The molecule has 3 aromatic rings. The Kier molecular flexibility index (Phi) is 13.8. The summed E-state index contributed by atoms with van der Waals surface area (Å²) in [6, 6.07) is 14.6. The van der Waals surface area contributed by atoms with Crippen molar-refractivity contribution in [2.24, 2.45) is 7.05 Å². The number of carbonyl (C=O) groups excluding carboxylic acids is 1. The van der Waals surface area contributed by atoms with Crippen LogP contribution in [0, 0.1) is 0 Å². The number of aliphatic carboxylic acids is 2. The Morgan fingerprint density at radius 3 is 2.32 bits per heavy atom. The summed E-state index contributed by atoms with van der Waals surface area (Å²) in [5.74, 6) is -2.47. The number of aliphatic hydroxyl groups is 1. The summed E-state index contributed by atoms with van der Waals surface area (Å²) in [6.45, 7) is 6.72. The van der Waals surface area contributed by atoms with Gasteiger partial charge in [0.05, 0.1) is 26.0 Å². The van der Waals surface area contributed by atoms with Gasteiger partial charge in [0.15, 0.2) is 0 Å². The highest BCUT2D eigenvalue weighted by atomic mass is 16.5. The highest BCUT2D eigenvalue weighted by Gasteiger charge is 2.15. The highest BCUT2D eigenvalue weighted by Crippen LogP contribution is 2.32. The second-order valence-electron chi connectivity index (χ2n) is 8.47. The lowest BCUT2D eigenvalue weighted by atomic mass is 10.1. The molecule has 4 rings (SSSR count). The van der Waals surface area contributed by atoms with Crippen molar-refractivity contribution in [1.82, 2.24) is 14.7 Å². The molecule has 0 unspecified atom stereocenters. The number of aliphatic hydroxyl groups excluding tert-OH is 1. The molecule has 2 heterocycles. The smallest absolute Gasteiger partial charge is 0.414 e. The maximum Gasteiger partial charge on any atom is 0.414 e. The van der Waals surface area contributed by atoms with Crippen molar-refractivity contribution < 1.29 is 43.9 Å². The van der Waals surface area contributed by atoms with Gasteiger partial charge in [-0.2, -0.15) is 5.10 Å². The lowest BCUT2D eigenvalue weighted by Crippen LogP contribution is -2.38. The maximum atomic E-state index is 12.7. The molecule has 222 valence electrons. The molecule has 0 saturated carbocycles. The number of benzene rings is 2. The molecular weight excluding hydrogens is 536 g/mol. The number of aromatic nitrogens is 2. The average molecular weight is 573 g/mol. The van der Waals surface area contributed by atoms with Crippen LogP contribution in [0.15, 0.2) is 54.7 Å². The van der Waals surface area contributed by atoms with Crippen molar-refractivity contribution in [3.8, 4) is 22.8 Å². The lowest BCUT2D eigenvalue weighted by Gasteiger charge is -2.26. The predicted molar refractivity (Wildman–Crippen MR) is 150 cm³/mol. The maximum absolute atomic E-state index is 12.7. The Morgan fingerprint density at radius 2 is 1.73 bits per heavy atom. The molecule has 1 aromatic heterocycles. The monoisotopic (exact) mass is 572 g/mol. The molecule has 1 saturated heterocycles. The normalized spacial score (nSPS) is 12.6. The van der Waals surface area contributed by atoms with Crippen LogP contribution in [0.2, 0.25) is 0 Å². The number of anilines is 1. The highest BCUT2D eigenvalue weighted by molar-refractivity contribution is 6.27. The van der Waals surface area contributed by atoms with Gasteiger partial charge >= 0.3 is 11.9 Å². The summed E-state index contributed by atoms with van der Waals surface area (Å²) in [7, 11) is 3.46. The van der Waals surface area contributed by atoms with E-state index in [1.54, 1.807) is 49.2 Å². The van der Waals surface area contributed by atoms with Gasteiger partial charge in [-0.3, -0.25) is 14.4 Å². The van der Waals surface area contributed by atoms with E-state index in [0.29, 0.717) is 23.6 Å². The van der Waals surface area contributed by atoms with Crippen LogP contribution in [0.25, 0.3) is 11.3 Å². The number of nitrogens with one attached hydrogen (secondary N) is 1. The second-order valence-corrected chi connectivity index (χ2v) is 8.47. The van der Waals surface area contributed by atoms with Crippen molar-refractivity contribution in [3.05, 3.63) is 60.3 Å². The largest absolute Gasteiger partial charge is 0.497 e. The number of hydrogen-bond donors (Lipinski definition) is 4. The molecule has 2 aromatic carbocycles. The number of morpholine rings is 1. The predicted octanol–water partition coefficient (Wildman–Crippen LogP) is 2.21. The number of methoxy groups -OCH3 is 1. The Hall–Kier alpha value is -4.46. The summed E-state index contributed by atoms with van der Waals surface area (Å²) >= 11 is 0. The van der Waals surface area contributed by atoms with Crippen LogP contribution in [0.3, 0.4) is 0 Å². The number of hydrogen-bond acceptors (Lipinski definition) is 9. The second kappa shape index (κ2) is 17.3. The van der Waals surface area contributed by atoms with Crippen molar-refractivity contribution in [1.29, 1.82) is 0 Å². The van der Waals surface area contributed by atoms with Crippen LogP contribution in [-0.4, -0.2) is 101 Å². The van der Waals surface area contributed by atoms with E-state index in [0.717, 1.165) is 49.9 Å². The van der Waals surface area contributed by atoms with Gasteiger partial charge in [-0.1, -0.05) is 6.07 Å². The molecule has 1 fully saturated rings. The van der Waals surface area contributed by atoms with E-state index in [4.69, 9.17) is 39.1 Å². The standard InChI is InChI=1S/C24H28N4O4.C2H2O4.C2H6O/c1-27-22(8-9-25-27)21-17-19(26-24(29)18-4-3-5-20(16-18)30-2)6-7-23(21)32-15-12-28-10-13-31-14-11-28;3-1(4)2(5)6;1-2-3/h3-9,16-17H,10-15H2,1-2H3,(H,26,29);(H,3,4)(H,5,6);3H,2H2,1H3. The van der Waals surface area contributed by atoms with Crippen LogP contribution in [0.5, 0.6) is 11.5 Å². The fourth-order valence-corrected chi connectivity index (χ4v) is 3.65. The SMILES string of the molecule is CCO.COc1cccc(C(=O)Nc2ccc(OCCN3CCOCC3)c(-c3ccnn3C)c2)c1.O=C(O)C(=O)O. The topological polar surface area (TPSA) is 173 Å². The minimum absolute atomic E-state index is 0.208. The van der Waals surface area contributed by atoms with E-state index in [-0.39, 0.29) is 12.5 Å². The van der Waals surface area contributed by atoms with Crippen LogP contribution in [0.4, 0.5) is 5.69 Å². The van der Waals surface area contributed by atoms with Crippen LogP contribution in [-0.2, 0) is 21.4 Å². The number of rotatable bonds is 8. The third-order valence-corrected chi connectivity index (χ3v) is 5.62. The van der Waals surface area contributed by atoms with E-state index in [9.17, 15) is 4.79 Å². The average Bonchev–Trinajstić information content (AvgIpc) is 3.40. The van der Waals surface area contributed by atoms with Crippen molar-refractivity contribution in [2.45, 2.75) is 6.92 Å². The molecule has 0 radical (unpaired) electrons. The van der Waals surface area contributed by atoms with Gasteiger partial charge in [0.2, 0.25) is 0 Å². The van der Waals surface area contributed by atoms with Crippen LogP contribution < -0.4 is 14.8 Å². The van der Waals surface area contributed by atoms with Crippen LogP contribution in [0.1, 0.15) is 17.3 Å². The third-order valence-electron chi connectivity index (χ3n) is 5.62. The molecule has 0 bridgehead atoms.